The van der Waals surface area contributed by atoms with Crippen molar-refractivity contribution in [3.8, 4) is 0 Å². The molecule has 0 unspecified atom stereocenters. The Hall–Kier alpha value is -8.74. The molecule has 322 valence electrons. The van der Waals surface area contributed by atoms with Crippen LogP contribution in [-0.4, -0.2) is 6.71 Å². The molecular weight excluding hydrogens is 828 g/mol. The van der Waals surface area contributed by atoms with E-state index in [0.717, 1.165) is 84.5 Å². The number of aryl methyl sites for hydroxylation is 2. The molecule has 0 fully saturated rings. The van der Waals surface area contributed by atoms with Gasteiger partial charge in [0.05, 0.1) is 11.4 Å². The van der Waals surface area contributed by atoms with E-state index in [4.69, 9.17) is 4.42 Å². The molecule has 10 aromatic carbocycles. The third-order valence-corrected chi connectivity index (χ3v) is 13.7. The van der Waals surface area contributed by atoms with Gasteiger partial charge in [-0.15, -0.1) is 0 Å². The van der Waals surface area contributed by atoms with Gasteiger partial charge < -0.3 is 24.0 Å². The average molecular weight is 873 g/mol. The van der Waals surface area contributed by atoms with Crippen molar-refractivity contribution in [3.05, 3.63) is 248 Å². The summed E-state index contributed by atoms with van der Waals surface area (Å²) in [6, 6.07) is 85.8. The molecule has 0 atom stereocenters. The SMILES string of the molecule is Cc1ccc(N2c3ccc(C)cc3B3c4ccc(N(c5ccccc5)c5cccc6c5oc5ccccc56)cc4N(c4ccccc4)c4cc(N(c5ccccc5)c5ccccc5)cc2c43)cc1. The van der Waals surface area contributed by atoms with Crippen LogP contribution < -0.4 is 36.0 Å². The van der Waals surface area contributed by atoms with Crippen LogP contribution in [0.2, 0.25) is 0 Å². The molecule has 68 heavy (non-hydrogen) atoms. The fourth-order valence-electron chi connectivity index (χ4n) is 10.7. The second kappa shape index (κ2) is 16.0. The molecule has 2 aliphatic heterocycles. The highest BCUT2D eigenvalue weighted by atomic mass is 16.3. The third kappa shape index (κ3) is 6.40. The summed E-state index contributed by atoms with van der Waals surface area (Å²) in [5, 5.41) is 2.19. The van der Waals surface area contributed by atoms with Gasteiger partial charge in [-0.3, -0.25) is 0 Å². The largest absolute Gasteiger partial charge is 0.454 e. The first-order valence-corrected chi connectivity index (χ1v) is 23.4. The van der Waals surface area contributed by atoms with Crippen molar-refractivity contribution in [2.24, 2.45) is 0 Å². The van der Waals surface area contributed by atoms with E-state index in [2.05, 4.69) is 264 Å². The van der Waals surface area contributed by atoms with Crippen molar-refractivity contribution < 1.29 is 4.42 Å². The van der Waals surface area contributed by atoms with Crippen LogP contribution in [0.25, 0.3) is 21.9 Å². The third-order valence-electron chi connectivity index (χ3n) is 13.7. The molecule has 0 bridgehead atoms. The Kier molecular flexibility index (Phi) is 9.32. The number of para-hydroxylation sites is 6. The van der Waals surface area contributed by atoms with Crippen molar-refractivity contribution in [1.29, 1.82) is 0 Å². The second-order valence-corrected chi connectivity index (χ2v) is 17.9. The van der Waals surface area contributed by atoms with E-state index in [1.165, 1.54) is 33.2 Å². The predicted molar refractivity (Wildman–Crippen MR) is 287 cm³/mol. The fourth-order valence-corrected chi connectivity index (χ4v) is 10.7. The minimum absolute atomic E-state index is 0.0689. The summed E-state index contributed by atoms with van der Waals surface area (Å²) in [5.41, 5.74) is 21.0. The Balaban J connectivity index is 1.12. The molecule has 13 rings (SSSR count). The highest BCUT2D eigenvalue weighted by Gasteiger charge is 2.44. The van der Waals surface area contributed by atoms with Gasteiger partial charge in [0.1, 0.15) is 5.58 Å². The van der Waals surface area contributed by atoms with Gasteiger partial charge in [-0.2, -0.15) is 0 Å². The Morgan fingerprint density at radius 1 is 0.368 bits per heavy atom. The van der Waals surface area contributed by atoms with Crippen LogP contribution in [0, 0.1) is 13.8 Å². The number of hydrogen-bond donors (Lipinski definition) is 0. The van der Waals surface area contributed by atoms with Crippen LogP contribution in [0.1, 0.15) is 11.1 Å². The Morgan fingerprint density at radius 2 is 0.912 bits per heavy atom. The summed E-state index contributed by atoms with van der Waals surface area (Å²) in [5.74, 6) is 0. The topological polar surface area (TPSA) is 26.1 Å². The number of rotatable bonds is 8. The summed E-state index contributed by atoms with van der Waals surface area (Å²) < 4.78 is 6.76. The summed E-state index contributed by atoms with van der Waals surface area (Å²) >= 11 is 0. The first kappa shape index (κ1) is 39.6. The lowest BCUT2D eigenvalue weighted by Gasteiger charge is -2.45. The lowest BCUT2D eigenvalue weighted by atomic mass is 9.33. The Labute approximate surface area is 397 Å². The highest BCUT2D eigenvalue weighted by Crippen LogP contribution is 2.50. The summed E-state index contributed by atoms with van der Waals surface area (Å²) in [6.07, 6.45) is 0. The van der Waals surface area contributed by atoms with Crippen molar-refractivity contribution >= 4 is 113 Å². The van der Waals surface area contributed by atoms with E-state index >= 15 is 0 Å². The van der Waals surface area contributed by atoms with E-state index in [1.807, 2.05) is 6.07 Å². The maximum absolute atomic E-state index is 6.76. The molecular formula is C62H45BN4O. The molecule has 0 saturated heterocycles. The standard InChI is InChI=1S/C62H45BN4O/c1-42-30-33-48(34-31-42)66-55-37-32-43(2)38-54(55)63-53-36-35-49(65(46-22-11-5-12-23-46)56-28-17-27-52-51-26-15-16-29-60(51)68-62(52)56)39-57(53)67(47-24-13-6-14-25-47)59-41-50(40-58(66)61(59)63)64(44-18-7-3-8-19-44)45-20-9-4-10-21-45/h3-41H,1-2H3. The number of hydrogen-bond acceptors (Lipinski definition) is 5. The molecule has 2 aliphatic rings. The normalized spacial score (nSPS) is 12.5. The maximum Gasteiger partial charge on any atom is 0.252 e. The first-order valence-electron chi connectivity index (χ1n) is 23.4. The molecule has 0 saturated carbocycles. The summed E-state index contributed by atoms with van der Waals surface area (Å²) in [4.78, 5) is 9.75. The first-order chi connectivity index (χ1) is 33.6. The number of benzene rings is 10. The zero-order chi connectivity index (χ0) is 45.3. The second-order valence-electron chi connectivity index (χ2n) is 17.9. The van der Waals surface area contributed by atoms with Crippen molar-refractivity contribution in [2.45, 2.75) is 13.8 Å². The van der Waals surface area contributed by atoms with Crippen LogP contribution >= 0.6 is 0 Å². The monoisotopic (exact) mass is 872 g/mol. The number of nitrogens with zero attached hydrogens (tertiary/aromatic N) is 4. The van der Waals surface area contributed by atoms with Gasteiger partial charge in [0.15, 0.2) is 5.58 Å². The van der Waals surface area contributed by atoms with E-state index in [-0.39, 0.29) is 6.71 Å². The zero-order valence-corrected chi connectivity index (χ0v) is 37.8. The molecule has 5 nitrogen and oxygen atoms in total. The van der Waals surface area contributed by atoms with E-state index in [0.29, 0.717) is 0 Å². The molecule has 0 amide bonds. The van der Waals surface area contributed by atoms with Gasteiger partial charge in [0.25, 0.3) is 6.71 Å². The molecule has 3 heterocycles. The number of fused-ring (bicyclic) bond motifs is 7. The van der Waals surface area contributed by atoms with Gasteiger partial charge in [0.2, 0.25) is 0 Å². The van der Waals surface area contributed by atoms with E-state index < -0.39 is 0 Å². The minimum Gasteiger partial charge on any atom is -0.454 e. The lowest BCUT2D eigenvalue weighted by Crippen LogP contribution is -2.61. The van der Waals surface area contributed by atoms with Gasteiger partial charge in [-0.05, 0) is 133 Å². The van der Waals surface area contributed by atoms with Crippen LogP contribution in [0.15, 0.2) is 241 Å². The Bertz CT molecular complexity index is 3630. The molecule has 0 N–H and O–H groups in total. The summed E-state index contributed by atoms with van der Waals surface area (Å²) in [7, 11) is 0. The number of furan rings is 1. The van der Waals surface area contributed by atoms with Crippen LogP contribution in [0.5, 0.6) is 0 Å². The van der Waals surface area contributed by atoms with Gasteiger partial charge >= 0.3 is 0 Å². The fraction of sp³-hybridized carbons (Fsp3) is 0.0323. The van der Waals surface area contributed by atoms with Crippen molar-refractivity contribution in [1.82, 2.24) is 0 Å². The number of anilines is 12. The van der Waals surface area contributed by atoms with E-state index in [9.17, 15) is 0 Å². The predicted octanol–water partition coefficient (Wildman–Crippen LogP) is 15.2. The Morgan fingerprint density at radius 3 is 1.59 bits per heavy atom. The lowest BCUT2D eigenvalue weighted by molar-refractivity contribution is 0.669. The van der Waals surface area contributed by atoms with Crippen LogP contribution in [-0.2, 0) is 0 Å². The van der Waals surface area contributed by atoms with E-state index in [1.54, 1.807) is 0 Å². The van der Waals surface area contributed by atoms with Crippen LogP contribution in [0.3, 0.4) is 0 Å². The highest BCUT2D eigenvalue weighted by molar-refractivity contribution is 7.00. The van der Waals surface area contributed by atoms with Crippen molar-refractivity contribution in [2.75, 3.05) is 19.6 Å². The minimum atomic E-state index is -0.0689. The molecule has 0 aliphatic carbocycles. The van der Waals surface area contributed by atoms with Crippen LogP contribution in [0.4, 0.5) is 68.2 Å². The summed E-state index contributed by atoms with van der Waals surface area (Å²) in [6.45, 7) is 4.31. The van der Waals surface area contributed by atoms with Gasteiger partial charge in [-0.1, -0.05) is 145 Å². The molecule has 6 heteroatoms. The molecule has 1 aromatic heterocycles. The average Bonchev–Trinajstić information content (AvgIpc) is 3.78. The zero-order valence-electron chi connectivity index (χ0n) is 37.8. The quantitative estimate of drug-likeness (QED) is 0.142. The molecule has 0 spiro atoms. The molecule has 11 aromatic rings. The molecule has 0 radical (unpaired) electrons. The van der Waals surface area contributed by atoms with Gasteiger partial charge in [0, 0.05) is 67.6 Å². The maximum atomic E-state index is 6.76. The van der Waals surface area contributed by atoms with Crippen molar-refractivity contribution in [3.63, 3.8) is 0 Å². The van der Waals surface area contributed by atoms with Gasteiger partial charge in [-0.25, -0.2) is 0 Å². The smallest absolute Gasteiger partial charge is 0.252 e.